The molecule has 52 heavy (non-hydrogen) atoms. The van der Waals surface area contributed by atoms with Crippen LogP contribution in [0.15, 0.2) is 108 Å². The molecule has 15 nitrogen and oxygen atoms in total. The zero-order valence-corrected chi connectivity index (χ0v) is 30.4. The highest BCUT2D eigenvalue weighted by Crippen LogP contribution is 2.45. The molecule has 0 saturated heterocycles. The number of aromatic hydroxyl groups is 1. The monoisotopic (exact) mass is 773 g/mol. The fourth-order valence-electron chi connectivity index (χ4n) is 6.24. The average Bonchev–Trinajstić information content (AvgIpc) is 3.10. The topological polar surface area (TPSA) is 245 Å². The van der Waals surface area contributed by atoms with Gasteiger partial charge in [-0.2, -0.15) is 40.6 Å². The van der Waals surface area contributed by atoms with Crippen molar-refractivity contribution in [1.29, 1.82) is 0 Å². The number of benzene rings is 4. The van der Waals surface area contributed by atoms with Crippen LogP contribution in [0.4, 0.5) is 22.7 Å². The zero-order valence-electron chi connectivity index (χ0n) is 27.9. The number of azo groups is 2. The van der Waals surface area contributed by atoms with Crippen LogP contribution in [0.1, 0.15) is 64.2 Å². The van der Waals surface area contributed by atoms with Crippen LogP contribution in [0, 0.1) is 0 Å². The number of hydrogen-bond donors (Lipinski definition) is 5. The predicted octanol–water partition coefficient (Wildman–Crippen LogP) is 8.36. The second-order valence-corrected chi connectivity index (χ2v) is 16.8. The van der Waals surface area contributed by atoms with Crippen molar-refractivity contribution >= 4 is 63.9 Å². The molecule has 2 saturated carbocycles. The maximum Gasteiger partial charge on any atom is 0.298 e. The van der Waals surface area contributed by atoms with Gasteiger partial charge in [-0.25, -0.2) is 0 Å². The quantitative estimate of drug-likeness (QED) is 0.0799. The van der Waals surface area contributed by atoms with E-state index in [0.29, 0.717) is 29.6 Å². The summed E-state index contributed by atoms with van der Waals surface area (Å²) in [7, 11) is -15.5. The molecule has 0 aliphatic heterocycles. The third kappa shape index (κ3) is 10.5. The molecule has 0 amide bonds. The summed E-state index contributed by atoms with van der Waals surface area (Å²) in [6.45, 7) is 0. The SMILES string of the molecule is C1CCC(NC2CCCCC2)CC1.O=S(=O)(O)c1cc(S(=O)(=O)O)c2c(N=Nc3ccc(N=Nc4ccccc4)cc3)c(O)c(S(=O)(=O)O)cc2c1. The molecular weight excluding hydrogens is 735 g/mol. The first kappa shape index (κ1) is 39.0. The van der Waals surface area contributed by atoms with E-state index >= 15 is 0 Å². The van der Waals surface area contributed by atoms with Crippen molar-refractivity contribution in [3.8, 4) is 5.75 Å². The molecule has 2 aliphatic rings. The number of phenols is 1. The molecule has 0 radical (unpaired) electrons. The lowest BCUT2D eigenvalue weighted by Crippen LogP contribution is -2.40. The Labute approximate surface area is 302 Å². The molecule has 5 N–H and O–H groups in total. The van der Waals surface area contributed by atoms with Crippen LogP contribution in [0.3, 0.4) is 0 Å². The molecule has 4 aromatic carbocycles. The first-order chi connectivity index (χ1) is 24.6. The summed E-state index contributed by atoms with van der Waals surface area (Å²) in [6.07, 6.45) is 14.6. The van der Waals surface area contributed by atoms with Crippen molar-refractivity contribution in [2.24, 2.45) is 20.5 Å². The van der Waals surface area contributed by atoms with Crippen LogP contribution in [0.25, 0.3) is 10.8 Å². The zero-order chi connectivity index (χ0) is 37.5. The molecule has 2 aliphatic carbocycles. The van der Waals surface area contributed by atoms with Crippen LogP contribution in [-0.4, -0.2) is 56.1 Å². The maximum atomic E-state index is 12.1. The Bertz CT molecular complexity index is 2260. The van der Waals surface area contributed by atoms with Crippen LogP contribution >= 0.6 is 0 Å². The van der Waals surface area contributed by atoms with E-state index in [9.17, 15) is 44.0 Å². The molecule has 278 valence electrons. The van der Waals surface area contributed by atoms with Gasteiger partial charge in [-0.1, -0.05) is 56.7 Å². The lowest BCUT2D eigenvalue weighted by Gasteiger charge is -2.30. The highest BCUT2D eigenvalue weighted by atomic mass is 32.2. The van der Waals surface area contributed by atoms with Crippen molar-refractivity contribution in [2.45, 2.75) is 91.0 Å². The number of hydrogen-bond acceptors (Lipinski definition) is 12. The van der Waals surface area contributed by atoms with Crippen LogP contribution in [0.2, 0.25) is 0 Å². The minimum atomic E-state index is -5.24. The Morgan fingerprint density at radius 3 is 1.46 bits per heavy atom. The van der Waals surface area contributed by atoms with Gasteiger partial charge in [0.15, 0.2) is 5.75 Å². The van der Waals surface area contributed by atoms with Gasteiger partial charge in [0.1, 0.15) is 15.5 Å². The van der Waals surface area contributed by atoms with Gasteiger partial charge in [-0.15, -0.1) is 5.11 Å². The fraction of sp³-hybridized carbons (Fsp3) is 0.353. The molecule has 18 heteroatoms. The first-order valence-corrected chi connectivity index (χ1v) is 20.9. The van der Waals surface area contributed by atoms with Crippen LogP contribution in [0.5, 0.6) is 5.75 Å². The van der Waals surface area contributed by atoms with E-state index in [0.717, 1.165) is 12.1 Å². The highest BCUT2D eigenvalue weighted by molar-refractivity contribution is 7.87. The molecular formula is C34H39N5O10S3. The van der Waals surface area contributed by atoms with E-state index in [-0.39, 0.29) is 5.69 Å². The molecule has 6 rings (SSSR count). The van der Waals surface area contributed by atoms with Gasteiger partial charge < -0.3 is 10.4 Å². The molecule has 0 atom stereocenters. The highest BCUT2D eigenvalue weighted by Gasteiger charge is 2.28. The van der Waals surface area contributed by atoms with Gasteiger partial charge in [0, 0.05) is 17.5 Å². The van der Waals surface area contributed by atoms with E-state index in [1.807, 2.05) is 6.07 Å². The number of nitrogens with zero attached hydrogens (tertiary/aromatic N) is 4. The van der Waals surface area contributed by atoms with E-state index < -0.39 is 67.3 Å². The summed E-state index contributed by atoms with van der Waals surface area (Å²) in [5, 5.41) is 28.9. The second-order valence-electron chi connectivity index (χ2n) is 12.6. The Morgan fingerprint density at radius 2 is 1.00 bits per heavy atom. The molecule has 0 bridgehead atoms. The average molecular weight is 774 g/mol. The van der Waals surface area contributed by atoms with E-state index in [4.69, 9.17) is 0 Å². The normalized spacial score (nSPS) is 16.7. The van der Waals surface area contributed by atoms with Crippen LogP contribution < -0.4 is 5.32 Å². The van der Waals surface area contributed by atoms with E-state index in [2.05, 4.69) is 25.8 Å². The molecule has 0 heterocycles. The van der Waals surface area contributed by atoms with Crippen molar-refractivity contribution in [3.63, 3.8) is 0 Å². The Kier molecular flexibility index (Phi) is 12.5. The summed E-state index contributed by atoms with van der Waals surface area (Å²) >= 11 is 0. The van der Waals surface area contributed by atoms with Gasteiger partial charge in [0.25, 0.3) is 30.4 Å². The fourth-order valence-corrected chi connectivity index (χ4v) is 8.23. The molecule has 0 aromatic heterocycles. The van der Waals surface area contributed by atoms with Crippen molar-refractivity contribution < 1.29 is 44.0 Å². The summed E-state index contributed by atoms with van der Waals surface area (Å²) in [5.41, 5.74) is 0.295. The molecule has 0 unspecified atom stereocenters. The minimum Gasteiger partial charge on any atom is -0.504 e. The Morgan fingerprint density at radius 1 is 0.538 bits per heavy atom. The lowest BCUT2D eigenvalue weighted by molar-refractivity contribution is 0.291. The predicted molar refractivity (Wildman–Crippen MR) is 193 cm³/mol. The molecule has 2 fully saturated rings. The van der Waals surface area contributed by atoms with Gasteiger partial charge in [0.2, 0.25) is 0 Å². The Balaban J connectivity index is 0.000000335. The third-order valence-corrected chi connectivity index (χ3v) is 11.4. The van der Waals surface area contributed by atoms with Gasteiger partial charge >= 0.3 is 0 Å². The largest absolute Gasteiger partial charge is 0.504 e. The molecule has 4 aromatic rings. The second kappa shape index (κ2) is 16.7. The number of nitrogens with one attached hydrogen (secondary N) is 1. The number of fused-ring (bicyclic) bond motifs is 1. The Hall–Kier alpha value is -4.17. The summed E-state index contributed by atoms with van der Waals surface area (Å²) < 4.78 is 99.9. The van der Waals surface area contributed by atoms with E-state index in [1.54, 1.807) is 24.3 Å². The van der Waals surface area contributed by atoms with Gasteiger partial charge in [-0.05, 0) is 85.7 Å². The summed E-state index contributed by atoms with van der Waals surface area (Å²) in [4.78, 5) is -3.34. The molecule has 0 spiro atoms. The van der Waals surface area contributed by atoms with Crippen molar-refractivity contribution in [1.82, 2.24) is 5.32 Å². The third-order valence-electron chi connectivity index (χ3n) is 8.78. The van der Waals surface area contributed by atoms with Gasteiger partial charge in [0.05, 0.1) is 22.0 Å². The van der Waals surface area contributed by atoms with Crippen LogP contribution in [-0.2, 0) is 30.4 Å². The smallest absolute Gasteiger partial charge is 0.298 e. The standard InChI is InChI=1S/C22H16N4O10S3.C12H23N/c27-22-19(39(34,35)36)11-13-10-17(37(28,29)30)12-18(38(31,32)33)20(13)21(22)26-25-16-8-6-15(7-9-16)24-23-14-4-2-1-3-5-14;1-3-7-11(8-4-1)13-12-9-5-2-6-10-12/h1-12,27H,(H,28,29,30)(H,31,32,33)(H,34,35,36);11-13H,1-10H2. The number of rotatable bonds is 9. The van der Waals surface area contributed by atoms with Gasteiger partial charge in [-0.3, -0.25) is 13.7 Å². The van der Waals surface area contributed by atoms with E-state index in [1.165, 1.54) is 88.5 Å². The lowest BCUT2D eigenvalue weighted by atomic mass is 9.91. The minimum absolute atomic E-state index is 0.112. The summed E-state index contributed by atoms with van der Waals surface area (Å²) in [6, 6.07) is 18.0. The summed E-state index contributed by atoms with van der Waals surface area (Å²) in [5.74, 6) is -1.24. The maximum absolute atomic E-state index is 12.1. The van der Waals surface area contributed by atoms with Crippen molar-refractivity contribution in [3.05, 3.63) is 72.8 Å². The van der Waals surface area contributed by atoms with Crippen molar-refractivity contribution in [2.75, 3.05) is 0 Å². The number of phenolic OH excluding ortho intramolecular Hbond substituents is 1. The first-order valence-electron chi connectivity index (χ1n) is 16.6.